The van der Waals surface area contributed by atoms with Gasteiger partial charge in [0, 0.05) is 11.9 Å². The molecule has 2 atom stereocenters. The molecule has 1 fully saturated rings. The molecule has 2 aromatic heterocycles. The normalized spacial score (nSPS) is 18.1. The first-order valence-electron chi connectivity index (χ1n) is 10.1. The van der Waals surface area contributed by atoms with Crippen molar-refractivity contribution in [2.75, 3.05) is 4.90 Å². The largest absolute Gasteiger partial charge is 0.467 e. The second-order valence-electron chi connectivity index (χ2n) is 7.42. The number of thiocarbonyl (C=S) groups is 1. The number of aryl methyl sites for hydroxylation is 1. The smallest absolute Gasteiger partial charge is 0.174 e. The van der Waals surface area contributed by atoms with Gasteiger partial charge in [0.1, 0.15) is 23.3 Å². The number of benzene rings is 2. The van der Waals surface area contributed by atoms with Crippen LogP contribution in [-0.4, -0.2) is 10.1 Å². The van der Waals surface area contributed by atoms with Gasteiger partial charge in [0.25, 0.3) is 0 Å². The van der Waals surface area contributed by atoms with E-state index in [-0.39, 0.29) is 12.1 Å². The van der Waals surface area contributed by atoms with Crippen LogP contribution in [0.5, 0.6) is 11.5 Å². The molecule has 0 aliphatic carbocycles. The van der Waals surface area contributed by atoms with E-state index in [4.69, 9.17) is 21.4 Å². The van der Waals surface area contributed by atoms with E-state index in [2.05, 4.69) is 22.1 Å². The highest BCUT2D eigenvalue weighted by Crippen LogP contribution is 2.42. The molecule has 0 unspecified atom stereocenters. The highest BCUT2D eigenvalue weighted by Gasteiger charge is 2.42. The SMILES string of the molecule is Cc1ccc(Oc2ccc(N3C(=S)N[C@H](c4ccccn4)[C@@H]3c3ccco3)cc2)cc1. The molecule has 4 aromatic rings. The maximum Gasteiger partial charge on any atom is 0.174 e. The molecule has 154 valence electrons. The van der Waals surface area contributed by atoms with E-state index in [1.54, 1.807) is 12.5 Å². The summed E-state index contributed by atoms with van der Waals surface area (Å²) in [7, 11) is 0. The van der Waals surface area contributed by atoms with Crippen molar-refractivity contribution in [3.05, 3.63) is 108 Å². The summed E-state index contributed by atoms with van der Waals surface area (Å²) in [5.41, 5.74) is 3.06. The van der Waals surface area contributed by atoms with Gasteiger partial charge in [-0.3, -0.25) is 4.98 Å². The number of pyridine rings is 1. The summed E-state index contributed by atoms with van der Waals surface area (Å²) >= 11 is 5.71. The predicted octanol–water partition coefficient (Wildman–Crippen LogP) is 5.95. The number of rotatable bonds is 5. The molecule has 5 rings (SSSR count). The fourth-order valence-electron chi connectivity index (χ4n) is 3.80. The third-order valence-corrected chi connectivity index (χ3v) is 5.62. The Balaban J connectivity index is 1.45. The molecule has 2 aromatic carbocycles. The summed E-state index contributed by atoms with van der Waals surface area (Å²) in [6, 6.07) is 25.4. The average molecular weight is 428 g/mol. The van der Waals surface area contributed by atoms with Crippen LogP contribution in [0, 0.1) is 6.92 Å². The number of ether oxygens (including phenoxy) is 1. The molecule has 3 heterocycles. The molecule has 1 N–H and O–H groups in total. The number of nitrogens with zero attached hydrogens (tertiary/aromatic N) is 2. The van der Waals surface area contributed by atoms with Crippen LogP contribution in [0.25, 0.3) is 0 Å². The first-order valence-corrected chi connectivity index (χ1v) is 10.5. The van der Waals surface area contributed by atoms with Gasteiger partial charge >= 0.3 is 0 Å². The van der Waals surface area contributed by atoms with Crippen molar-refractivity contribution in [3.8, 4) is 11.5 Å². The van der Waals surface area contributed by atoms with E-state index in [0.717, 1.165) is 28.6 Å². The van der Waals surface area contributed by atoms with Gasteiger partial charge < -0.3 is 19.4 Å². The minimum Gasteiger partial charge on any atom is -0.467 e. The summed E-state index contributed by atoms with van der Waals surface area (Å²) < 4.78 is 11.8. The van der Waals surface area contributed by atoms with Crippen molar-refractivity contribution in [2.24, 2.45) is 0 Å². The average Bonchev–Trinajstić information content (AvgIpc) is 3.44. The second kappa shape index (κ2) is 8.24. The van der Waals surface area contributed by atoms with E-state index in [0.29, 0.717) is 5.11 Å². The number of furan rings is 1. The molecule has 1 aliphatic rings. The lowest BCUT2D eigenvalue weighted by Gasteiger charge is -2.26. The molecule has 0 radical (unpaired) electrons. The standard InChI is InChI=1S/C25H21N3O2S/c1-17-7-11-19(12-8-17)30-20-13-9-18(10-14-20)28-24(22-6-4-16-29-22)23(27-25(28)31)21-5-2-3-15-26-21/h2-16,23-24H,1H3,(H,27,31)/t23-,24+/m1/s1. The zero-order valence-corrected chi connectivity index (χ0v) is 17.8. The fourth-order valence-corrected chi connectivity index (χ4v) is 4.14. The third-order valence-electron chi connectivity index (χ3n) is 5.30. The van der Waals surface area contributed by atoms with Crippen molar-refractivity contribution in [3.63, 3.8) is 0 Å². The maximum atomic E-state index is 5.97. The van der Waals surface area contributed by atoms with Crippen molar-refractivity contribution < 1.29 is 9.15 Å². The van der Waals surface area contributed by atoms with Gasteiger partial charge in [-0.25, -0.2) is 0 Å². The summed E-state index contributed by atoms with van der Waals surface area (Å²) in [5.74, 6) is 2.39. The molecule has 5 nitrogen and oxygen atoms in total. The van der Waals surface area contributed by atoms with Crippen molar-refractivity contribution in [1.82, 2.24) is 10.3 Å². The van der Waals surface area contributed by atoms with Crippen molar-refractivity contribution in [2.45, 2.75) is 19.0 Å². The van der Waals surface area contributed by atoms with Crippen LogP contribution in [0.3, 0.4) is 0 Å². The Kier molecular flexibility index (Phi) is 5.14. The molecular weight excluding hydrogens is 406 g/mol. The number of hydrogen-bond donors (Lipinski definition) is 1. The fraction of sp³-hybridized carbons (Fsp3) is 0.120. The zero-order valence-electron chi connectivity index (χ0n) is 16.9. The van der Waals surface area contributed by atoms with Gasteiger partial charge in [-0.15, -0.1) is 0 Å². The second-order valence-corrected chi connectivity index (χ2v) is 7.81. The number of anilines is 1. The Morgan fingerprint density at radius 2 is 1.68 bits per heavy atom. The van der Waals surface area contributed by atoms with E-state index < -0.39 is 0 Å². The first kappa shape index (κ1) is 19.3. The van der Waals surface area contributed by atoms with Gasteiger partial charge in [-0.2, -0.15) is 0 Å². The highest BCUT2D eigenvalue weighted by atomic mass is 32.1. The van der Waals surface area contributed by atoms with Crippen LogP contribution >= 0.6 is 12.2 Å². The summed E-state index contributed by atoms with van der Waals surface area (Å²) in [6.07, 6.45) is 3.47. The molecule has 0 spiro atoms. The van der Waals surface area contributed by atoms with Crippen LogP contribution in [0.1, 0.15) is 29.1 Å². The lowest BCUT2D eigenvalue weighted by atomic mass is 10.0. The van der Waals surface area contributed by atoms with Gasteiger partial charge in [-0.05, 0) is 79.8 Å². The van der Waals surface area contributed by atoms with Crippen molar-refractivity contribution >= 4 is 23.0 Å². The maximum absolute atomic E-state index is 5.97. The minimum absolute atomic E-state index is 0.122. The number of hydrogen-bond acceptors (Lipinski definition) is 4. The Hall–Kier alpha value is -3.64. The summed E-state index contributed by atoms with van der Waals surface area (Å²) in [6.45, 7) is 2.05. The van der Waals surface area contributed by atoms with Crippen LogP contribution in [0.4, 0.5) is 5.69 Å². The lowest BCUT2D eigenvalue weighted by Crippen LogP contribution is -2.29. The Morgan fingerprint density at radius 3 is 2.32 bits per heavy atom. The van der Waals surface area contributed by atoms with Crippen LogP contribution in [0.15, 0.2) is 95.7 Å². The van der Waals surface area contributed by atoms with E-state index in [1.807, 2.05) is 78.9 Å². The molecule has 31 heavy (non-hydrogen) atoms. The Morgan fingerprint density at radius 1 is 0.935 bits per heavy atom. The monoisotopic (exact) mass is 427 g/mol. The molecule has 0 bridgehead atoms. The number of nitrogens with one attached hydrogen (secondary N) is 1. The number of aromatic nitrogens is 1. The van der Waals surface area contributed by atoms with Gasteiger partial charge in [0.05, 0.1) is 18.0 Å². The molecule has 0 amide bonds. The molecular formula is C25H21N3O2S. The highest BCUT2D eigenvalue weighted by molar-refractivity contribution is 7.80. The summed E-state index contributed by atoms with van der Waals surface area (Å²) in [5, 5.41) is 4.05. The minimum atomic E-state index is -0.152. The van der Waals surface area contributed by atoms with Gasteiger partial charge in [0.2, 0.25) is 0 Å². The van der Waals surface area contributed by atoms with E-state index in [9.17, 15) is 0 Å². The van der Waals surface area contributed by atoms with Gasteiger partial charge in [0.15, 0.2) is 5.11 Å². The van der Waals surface area contributed by atoms with E-state index >= 15 is 0 Å². The lowest BCUT2D eigenvalue weighted by molar-refractivity contribution is 0.432. The Labute approximate surface area is 186 Å². The molecule has 1 saturated heterocycles. The molecule has 0 saturated carbocycles. The Bertz CT molecular complexity index is 1160. The van der Waals surface area contributed by atoms with Crippen LogP contribution in [-0.2, 0) is 0 Å². The topological polar surface area (TPSA) is 50.5 Å². The predicted molar refractivity (Wildman–Crippen MR) is 124 cm³/mol. The van der Waals surface area contributed by atoms with Gasteiger partial charge in [-0.1, -0.05) is 23.8 Å². The van der Waals surface area contributed by atoms with E-state index in [1.165, 1.54) is 5.56 Å². The quantitative estimate of drug-likeness (QED) is 0.397. The van der Waals surface area contributed by atoms with Crippen LogP contribution < -0.4 is 15.0 Å². The van der Waals surface area contributed by atoms with Crippen molar-refractivity contribution in [1.29, 1.82) is 0 Å². The molecule has 1 aliphatic heterocycles. The third kappa shape index (κ3) is 3.90. The summed E-state index contributed by atoms with van der Waals surface area (Å²) in [4.78, 5) is 6.61. The zero-order chi connectivity index (χ0) is 21.2. The molecule has 6 heteroatoms. The van der Waals surface area contributed by atoms with Crippen LogP contribution in [0.2, 0.25) is 0 Å². The first-order chi connectivity index (χ1) is 15.2.